The van der Waals surface area contributed by atoms with Crippen LogP contribution in [0.5, 0.6) is 0 Å². The SMILES string of the molecule is CCNC(C)CCCCS(=O)c1ccccc1[N+](=O)[O-]. The predicted molar refractivity (Wildman–Crippen MR) is 81.4 cm³/mol. The number of hydrogen-bond donors (Lipinski definition) is 1. The van der Waals surface area contributed by atoms with Crippen molar-refractivity contribution in [3.8, 4) is 0 Å². The maximum atomic E-state index is 12.1. The van der Waals surface area contributed by atoms with Gasteiger partial charge in [-0.15, -0.1) is 0 Å². The first-order valence-electron chi connectivity index (χ1n) is 6.91. The van der Waals surface area contributed by atoms with Crippen molar-refractivity contribution in [2.45, 2.75) is 44.0 Å². The quantitative estimate of drug-likeness (QED) is 0.432. The normalized spacial score (nSPS) is 13.9. The summed E-state index contributed by atoms with van der Waals surface area (Å²) in [6, 6.07) is 6.72. The van der Waals surface area contributed by atoms with Gasteiger partial charge in [0.1, 0.15) is 4.90 Å². The molecule has 5 nitrogen and oxygen atoms in total. The van der Waals surface area contributed by atoms with E-state index in [0.717, 1.165) is 25.8 Å². The van der Waals surface area contributed by atoms with Crippen LogP contribution < -0.4 is 5.32 Å². The molecule has 1 N–H and O–H groups in total. The zero-order chi connectivity index (χ0) is 15.0. The smallest absolute Gasteiger partial charge is 0.285 e. The van der Waals surface area contributed by atoms with Crippen LogP contribution in [-0.4, -0.2) is 27.5 Å². The van der Waals surface area contributed by atoms with Gasteiger partial charge in [-0.05, 0) is 32.4 Å². The summed E-state index contributed by atoms with van der Waals surface area (Å²) in [6.07, 6.45) is 2.82. The lowest BCUT2D eigenvalue weighted by Gasteiger charge is -2.11. The molecule has 0 fully saturated rings. The van der Waals surface area contributed by atoms with Crippen molar-refractivity contribution in [3.05, 3.63) is 34.4 Å². The van der Waals surface area contributed by atoms with Crippen molar-refractivity contribution in [2.24, 2.45) is 0 Å². The van der Waals surface area contributed by atoms with Crippen molar-refractivity contribution in [1.82, 2.24) is 5.32 Å². The molecule has 0 spiro atoms. The Bertz CT molecular complexity index is 465. The van der Waals surface area contributed by atoms with Gasteiger partial charge in [0.25, 0.3) is 5.69 Å². The molecule has 0 aromatic heterocycles. The number of nitrogens with one attached hydrogen (secondary N) is 1. The minimum atomic E-state index is -1.30. The second-order valence-corrected chi connectivity index (χ2v) is 6.27. The molecule has 112 valence electrons. The summed E-state index contributed by atoms with van der Waals surface area (Å²) in [4.78, 5) is 10.7. The van der Waals surface area contributed by atoms with Crippen LogP contribution in [0.25, 0.3) is 0 Å². The molecular formula is C14H22N2O3S. The molecule has 20 heavy (non-hydrogen) atoms. The first-order valence-corrected chi connectivity index (χ1v) is 8.23. The van der Waals surface area contributed by atoms with Gasteiger partial charge in [0.15, 0.2) is 0 Å². The molecule has 0 aliphatic rings. The van der Waals surface area contributed by atoms with Crippen LogP contribution in [0.3, 0.4) is 0 Å². The standard InChI is InChI=1S/C14H22N2O3S/c1-3-15-12(2)8-6-7-11-20(19)14-10-5-4-9-13(14)16(17)18/h4-5,9-10,12,15H,3,6-8,11H2,1-2H3. The molecule has 0 saturated carbocycles. The molecule has 1 aromatic carbocycles. The Balaban J connectivity index is 2.46. The number of nitro benzene ring substituents is 1. The van der Waals surface area contributed by atoms with Crippen molar-refractivity contribution >= 4 is 16.5 Å². The van der Waals surface area contributed by atoms with Crippen molar-refractivity contribution in [1.29, 1.82) is 0 Å². The van der Waals surface area contributed by atoms with Gasteiger partial charge in [-0.3, -0.25) is 14.3 Å². The van der Waals surface area contributed by atoms with Crippen molar-refractivity contribution in [2.75, 3.05) is 12.3 Å². The number of nitro groups is 1. The summed E-state index contributed by atoms with van der Waals surface area (Å²) in [5.41, 5.74) is -0.0492. The summed E-state index contributed by atoms with van der Waals surface area (Å²) >= 11 is 0. The molecule has 2 unspecified atom stereocenters. The Labute approximate surface area is 122 Å². The lowest BCUT2D eigenvalue weighted by molar-refractivity contribution is -0.387. The van der Waals surface area contributed by atoms with E-state index in [1.165, 1.54) is 6.07 Å². The molecule has 0 amide bonds. The highest BCUT2D eigenvalue weighted by Gasteiger charge is 2.17. The topological polar surface area (TPSA) is 72.2 Å². The molecule has 0 aliphatic heterocycles. The number of unbranched alkanes of at least 4 members (excludes halogenated alkanes) is 1. The third-order valence-electron chi connectivity index (χ3n) is 3.08. The van der Waals surface area contributed by atoms with E-state index < -0.39 is 15.7 Å². The van der Waals surface area contributed by atoms with Gasteiger partial charge in [-0.1, -0.05) is 25.5 Å². The van der Waals surface area contributed by atoms with E-state index in [2.05, 4.69) is 19.2 Å². The Morgan fingerprint density at radius 2 is 2.05 bits per heavy atom. The first kappa shape index (κ1) is 16.8. The summed E-state index contributed by atoms with van der Waals surface area (Å²) in [5, 5.41) is 14.2. The van der Waals surface area contributed by atoms with E-state index in [0.29, 0.717) is 16.7 Å². The molecule has 6 heteroatoms. The van der Waals surface area contributed by atoms with Crippen LogP contribution in [0.15, 0.2) is 29.2 Å². The van der Waals surface area contributed by atoms with Crippen LogP contribution in [0, 0.1) is 10.1 Å². The molecule has 0 aliphatic carbocycles. The molecule has 1 rings (SSSR count). The van der Waals surface area contributed by atoms with Crippen LogP contribution in [0.4, 0.5) is 5.69 Å². The van der Waals surface area contributed by atoms with E-state index in [4.69, 9.17) is 0 Å². The highest BCUT2D eigenvalue weighted by atomic mass is 32.2. The monoisotopic (exact) mass is 298 g/mol. The summed E-state index contributed by atoms with van der Waals surface area (Å²) in [7, 11) is -1.30. The molecule has 1 aromatic rings. The van der Waals surface area contributed by atoms with Crippen LogP contribution in [0.2, 0.25) is 0 Å². The van der Waals surface area contributed by atoms with Crippen LogP contribution in [0.1, 0.15) is 33.1 Å². The lowest BCUT2D eigenvalue weighted by atomic mass is 10.1. The van der Waals surface area contributed by atoms with Gasteiger partial charge in [-0.2, -0.15) is 0 Å². The largest absolute Gasteiger partial charge is 0.315 e. The number of benzene rings is 1. The fourth-order valence-corrected chi connectivity index (χ4v) is 3.34. The average molecular weight is 298 g/mol. The average Bonchev–Trinajstić information content (AvgIpc) is 2.43. The van der Waals surface area contributed by atoms with Gasteiger partial charge in [0.05, 0.1) is 15.7 Å². The second-order valence-electron chi connectivity index (χ2n) is 4.73. The highest BCUT2D eigenvalue weighted by molar-refractivity contribution is 7.85. The maximum Gasteiger partial charge on any atom is 0.285 e. The van der Waals surface area contributed by atoms with Crippen LogP contribution in [-0.2, 0) is 10.8 Å². The predicted octanol–water partition coefficient (Wildman–Crippen LogP) is 2.87. The third kappa shape index (κ3) is 5.38. The Morgan fingerprint density at radius 3 is 2.70 bits per heavy atom. The third-order valence-corrected chi connectivity index (χ3v) is 4.57. The Morgan fingerprint density at radius 1 is 1.35 bits per heavy atom. The highest BCUT2D eigenvalue weighted by Crippen LogP contribution is 2.22. The van der Waals surface area contributed by atoms with Crippen LogP contribution >= 0.6 is 0 Å². The molecule has 2 atom stereocenters. The van der Waals surface area contributed by atoms with E-state index in [9.17, 15) is 14.3 Å². The Hall–Kier alpha value is -1.27. The van der Waals surface area contributed by atoms with E-state index >= 15 is 0 Å². The number of rotatable bonds is 9. The molecule has 0 bridgehead atoms. The summed E-state index contributed by atoms with van der Waals surface area (Å²) in [6.45, 7) is 5.14. The fourth-order valence-electron chi connectivity index (χ4n) is 2.04. The first-order chi connectivity index (χ1) is 9.56. The lowest BCUT2D eigenvalue weighted by Crippen LogP contribution is -2.25. The van der Waals surface area contributed by atoms with Gasteiger partial charge in [0, 0.05) is 17.9 Å². The molecule has 0 saturated heterocycles. The molecule has 0 radical (unpaired) electrons. The zero-order valence-corrected chi connectivity index (χ0v) is 12.8. The fraction of sp³-hybridized carbons (Fsp3) is 0.571. The molecular weight excluding hydrogens is 276 g/mol. The van der Waals surface area contributed by atoms with Gasteiger partial charge < -0.3 is 5.32 Å². The van der Waals surface area contributed by atoms with E-state index in [1.807, 2.05) is 0 Å². The maximum absolute atomic E-state index is 12.1. The van der Waals surface area contributed by atoms with Crippen molar-refractivity contribution in [3.63, 3.8) is 0 Å². The van der Waals surface area contributed by atoms with E-state index in [1.54, 1.807) is 18.2 Å². The van der Waals surface area contributed by atoms with E-state index in [-0.39, 0.29) is 5.69 Å². The van der Waals surface area contributed by atoms with Crippen molar-refractivity contribution < 1.29 is 9.13 Å². The number of hydrogen-bond acceptors (Lipinski definition) is 4. The summed E-state index contributed by atoms with van der Waals surface area (Å²) < 4.78 is 12.1. The minimum absolute atomic E-state index is 0.0492. The van der Waals surface area contributed by atoms with Gasteiger partial charge in [0.2, 0.25) is 0 Å². The Kier molecular flexibility index (Phi) is 7.40. The second kappa shape index (κ2) is 8.81. The van der Waals surface area contributed by atoms with Gasteiger partial charge >= 0.3 is 0 Å². The minimum Gasteiger partial charge on any atom is -0.315 e. The zero-order valence-electron chi connectivity index (χ0n) is 12.0. The number of nitrogens with zero attached hydrogens (tertiary/aromatic N) is 1. The van der Waals surface area contributed by atoms with Gasteiger partial charge in [-0.25, -0.2) is 0 Å². The molecule has 0 heterocycles. The summed E-state index contributed by atoms with van der Waals surface area (Å²) in [5.74, 6) is 0.476. The number of para-hydroxylation sites is 1.